The minimum Gasteiger partial charge on any atom is -0.329 e. The van der Waals surface area contributed by atoms with Gasteiger partial charge >= 0.3 is 0 Å². The molecule has 0 radical (unpaired) electrons. The maximum absolute atomic E-state index is 13.7. The van der Waals surface area contributed by atoms with E-state index in [2.05, 4.69) is 10.2 Å². The quantitative estimate of drug-likeness (QED) is 0.860. The SMILES string of the molecule is CSc1nnc(SC(CN)c2ccccc2F)s1. The van der Waals surface area contributed by atoms with Crippen molar-refractivity contribution in [3.05, 3.63) is 35.6 Å². The number of rotatable bonds is 5. The molecule has 1 unspecified atom stereocenters. The minimum absolute atomic E-state index is 0.131. The van der Waals surface area contributed by atoms with Crippen molar-refractivity contribution in [1.29, 1.82) is 0 Å². The van der Waals surface area contributed by atoms with Gasteiger partial charge in [-0.25, -0.2) is 4.39 Å². The van der Waals surface area contributed by atoms with Gasteiger partial charge in [0.1, 0.15) is 5.82 Å². The molecule has 7 heteroatoms. The van der Waals surface area contributed by atoms with Crippen molar-refractivity contribution in [3.63, 3.8) is 0 Å². The Morgan fingerprint density at radius 2 is 2.06 bits per heavy atom. The van der Waals surface area contributed by atoms with Crippen LogP contribution >= 0.6 is 34.9 Å². The number of hydrogen-bond donors (Lipinski definition) is 1. The molecule has 2 N–H and O–H groups in total. The molecular weight excluding hydrogens is 289 g/mol. The molecule has 96 valence electrons. The summed E-state index contributed by atoms with van der Waals surface area (Å²) in [5.41, 5.74) is 6.34. The molecule has 0 aliphatic carbocycles. The van der Waals surface area contributed by atoms with Gasteiger partial charge < -0.3 is 5.73 Å². The molecule has 1 aromatic carbocycles. The van der Waals surface area contributed by atoms with Gasteiger partial charge in [-0.05, 0) is 12.3 Å². The third kappa shape index (κ3) is 3.23. The Hall–Kier alpha value is -0.630. The lowest BCUT2D eigenvalue weighted by atomic mass is 10.1. The average Bonchev–Trinajstić information content (AvgIpc) is 2.85. The lowest BCUT2D eigenvalue weighted by molar-refractivity contribution is 0.608. The van der Waals surface area contributed by atoms with Crippen LogP contribution in [-0.4, -0.2) is 23.0 Å². The Morgan fingerprint density at radius 3 is 2.67 bits per heavy atom. The first-order valence-corrected chi connectivity index (χ1v) is 8.15. The number of aromatic nitrogens is 2. The highest BCUT2D eigenvalue weighted by atomic mass is 32.2. The summed E-state index contributed by atoms with van der Waals surface area (Å²) in [5, 5.41) is 7.95. The van der Waals surface area contributed by atoms with Crippen molar-refractivity contribution in [2.75, 3.05) is 12.8 Å². The minimum atomic E-state index is -0.227. The molecule has 0 spiro atoms. The molecule has 2 aromatic rings. The second-order valence-electron chi connectivity index (χ2n) is 3.40. The first-order chi connectivity index (χ1) is 8.74. The van der Waals surface area contributed by atoms with Crippen LogP contribution in [0.4, 0.5) is 4.39 Å². The molecule has 0 aliphatic rings. The van der Waals surface area contributed by atoms with Crippen molar-refractivity contribution < 1.29 is 4.39 Å². The number of benzene rings is 1. The third-order valence-electron chi connectivity index (χ3n) is 2.27. The molecule has 0 saturated heterocycles. The highest BCUT2D eigenvalue weighted by molar-refractivity contribution is 8.03. The van der Waals surface area contributed by atoms with Gasteiger partial charge in [0.05, 0.1) is 5.25 Å². The van der Waals surface area contributed by atoms with Crippen LogP contribution < -0.4 is 5.73 Å². The van der Waals surface area contributed by atoms with E-state index in [0.29, 0.717) is 12.1 Å². The normalized spacial score (nSPS) is 12.6. The van der Waals surface area contributed by atoms with E-state index in [0.717, 1.165) is 8.68 Å². The third-order valence-corrected chi connectivity index (χ3v) is 5.52. The standard InChI is InChI=1S/C11H12FN3S3/c1-16-10-14-15-11(18-10)17-9(6-13)7-4-2-3-5-8(7)12/h2-5,9H,6,13H2,1H3. The van der Waals surface area contributed by atoms with Gasteiger partial charge in [0.2, 0.25) is 0 Å². The fourth-order valence-corrected chi connectivity index (χ4v) is 4.11. The first kappa shape index (κ1) is 13.8. The van der Waals surface area contributed by atoms with E-state index < -0.39 is 0 Å². The molecule has 0 fully saturated rings. The largest absolute Gasteiger partial charge is 0.329 e. The summed E-state index contributed by atoms with van der Waals surface area (Å²) in [6, 6.07) is 6.70. The summed E-state index contributed by atoms with van der Waals surface area (Å²) >= 11 is 4.51. The van der Waals surface area contributed by atoms with Gasteiger partial charge in [0, 0.05) is 12.1 Å². The van der Waals surface area contributed by atoms with Crippen molar-refractivity contribution in [2.24, 2.45) is 5.73 Å². The van der Waals surface area contributed by atoms with E-state index in [1.54, 1.807) is 23.9 Å². The Bertz CT molecular complexity index is 518. The molecule has 1 atom stereocenters. The van der Waals surface area contributed by atoms with Crippen LogP contribution in [0.1, 0.15) is 10.8 Å². The van der Waals surface area contributed by atoms with E-state index in [9.17, 15) is 4.39 Å². The number of nitrogens with two attached hydrogens (primary N) is 1. The van der Waals surface area contributed by atoms with Gasteiger partial charge in [-0.1, -0.05) is 53.1 Å². The van der Waals surface area contributed by atoms with Crippen molar-refractivity contribution in [2.45, 2.75) is 13.9 Å². The predicted molar refractivity (Wildman–Crippen MR) is 75.7 cm³/mol. The molecule has 0 amide bonds. The zero-order valence-corrected chi connectivity index (χ0v) is 12.1. The van der Waals surface area contributed by atoms with E-state index >= 15 is 0 Å². The number of thioether (sulfide) groups is 2. The smallest absolute Gasteiger partial charge is 0.175 e. The molecular formula is C11H12FN3S3. The summed E-state index contributed by atoms with van der Waals surface area (Å²) in [4.78, 5) is 0. The van der Waals surface area contributed by atoms with E-state index in [-0.39, 0.29) is 11.1 Å². The lowest BCUT2D eigenvalue weighted by Crippen LogP contribution is -2.10. The highest BCUT2D eigenvalue weighted by Crippen LogP contribution is 2.38. The van der Waals surface area contributed by atoms with Crippen LogP contribution in [0.5, 0.6) is 0 Å². The van der Waals surface area contributed by atoms with Crippen LogP contribution in [0.3, 0.4) is 0 Å². The zero-order valence-electron chi connectivity index (χ0n) is 9.67. The van der Waals surface area contributed by atoms with Gasteiger partial charge in [0.15, 0.2) is 8.68 Å². The lowest BCUT2D eigenvalue weighted by Gasteiger charge is -2.13. The topological polar surface area (TPSA) is 51.8 Å². The first-order valence-electron chi connectivity index (χ1n) is 5.23. The molecule has 1 aromatic heterocycles. The van der Waals surface area contributed by atoms with Crippen LogP contribution in [0, 0.1) is 5.82 Å². The number of halogens is 1. The maximum Gasteiger partial charge on any atom is 0.175 e. The van der Waals surface area contributed by atoms with Gasteiger partial charge in [-0.15, -0.1) is 10.2 Å². The fourth-order valence-electron chi connectivity index (χ4n) is 1.42. The van der Waals surface area contributed by atoms with Crippen LogP contribution in [0.2, 0.25) is 0 Å². The van der Waals surface area contributed by atoms with E-state index in [1.165, 1.54) is 29.2 Å². The number of nitrogens with zero attached hydrogens (tertiary/aromatic N) is 2. The maximum atomic E-state index is 13.7. The molecule has 0 saturated carbocycles. The molecule has 0 aliphatic heterocycles. The van der Waals surface area contributed by atoms with E-state index in [1.807, 2.05) is 12.3 Å². The molecule has 1 heterocycles. The summed E-state index contributed by atoms with van der Waals surface area (Å²) in [6.07, 6.45) is 1.95. The zero-order chi connectivity index (χ0) is 13.0. The second kappa shape index (κ2) is 6.51. The Labute approximate surface area is 117 Å². The Morgan fingerprint density at radius 1 is 1.33 bits per heavy atom. The van der Waals surface area contributed by atoms with Gasteiger partial charge in [0.25, 0.3) is 0 Å². The van der Waals surface area contributed by atoms with E-state index in [4.69, 9.17) is 5.73 Å². The summed E-state index contributed by atoms with van der Waals surface area (Å²) in [7, 11) is 0. The molecule has 18 heavy (non-hydrogen) atoms. The molecule has 2 rings (SSSR count). The predicted octanol–water partition coefficient (Wildman–Crippen LogP) is 3.19. The summed E-state index contributed by atoms with van der Waals surface area (Å²) < 4.78 is 15.4. The van der Waals surface area contributed by atoms with Crippen molar-refractivity contribution in [3.8, 4) is 0 Å². The number of hydrogen-bond acceptors (Lipinski definition) is 6. The summed E-state index contributed by atoms with van der Waals surface area (Å²) in [6.45, 7) is 0.361. The monoisotopic (exact) mass is 301 g/mol. The van der Waals surface area contributed by atoms with Crippen LogP contribution in [0.25, 0.3) is 0 Å². The fraction of sp³-hybridized carbons (Fsp3) is 0.273. The average molecular weight is 301 g/mol. The van der Waals surface area contributed by atoms with Crippen molar-refractivity contribution >= 4 is 34.9 Å². The second-order valence-corrected chi connectivity index (χ2v) is 6.88. The Kier molecular flexibility index (Phi) is 4.99. The van der Waals surface area contributed by atoms with Crippen LogP contribution in [0.15, 0.2) is 32.9 Å². The van der Waals surface area contributed by atoms with Gasteiger partial charge in [-0.3, -0.25) is 0 Å². The van der Waals surface area contributed by atoms with Gasteiger partial charge in [-0.2, -0.15) is 0 Å². The van der Waals surface area contributed by atoms with Crippen molar-refractivity contribution in [1.82, 2.24) is 10.2 Å². The Balaban J connectivity index is 2.17. The van der Waals surface area contributed by atoms with Crippen LogP contribution in [-0.2, 0) is 0 Å². The molecule has 0 bridgehead atoms. The highest BCUT2D eigenvalue weighted by Gasteiger charge is 2.17. The summed E-state index contributed by atoms with van der Waals surface area (Å²) in [5.74, 6) is -0.227. The molecule has 3 nitrogen and oxygen atoms in total.